The number of hydrogen-bond donors (Lipinski definition) is 2. The molecule has 0 saturated heterocycles. The van der Waals surface area contributed by atoms with E-state index in [9.17, 15) is 19.5 Å². The van der Waals surface area contributed by atoms with Crippen LogP contribution in [0.5, 0.6) is 0 Å². The molecule has 2 aromatic carbocycles. The second-order valence-corrected chi connectivity index (χ2v) is 5.52. The maximum Gasteiger partial charge on any atom is 0.377 e. The molecule has 0 bridgehead atoms. The van der Waals surface area contributed by atoms with Crippen LogP contribution in [0.1, 0.15) is 21.2 Å². The molecule has 0 heterocycles. The molecular formula is C16H12O5S. The van der Waals surface area contributed by atoms with Crippen LogP contribution in [-0.2, 0) is 9.59 Å². The summed E-state index contributed by atoms with van der Waals surface area (Å²) in [6.45, 7) is 0. The highest BCUT2D eigenvalue weighted by Gasteiger charge is 2.25. The van der Waals surface area contributed by atoms with Crippen LogP contribution in [0, 0.1) is 0 Å². The van der Waals surface area contributed by atoms with E-state index in [1.807, 2.05) is 0 Å². The molecule has 0 radical (unpaired) electrons. The highest BCUT2D eigenvalue weighted by molar-refractivity contribution is 8.00. The van der Waals surface area contributed by atoms with Gasteiger partial charge in [0.05, 0.1) is 0 Å². The Morgan fingerprint density at radius 1 is 0.864 bits per heavy atom. The number of carbonyl (C=O) groups is 3. The molecule has 0 aromatic heterocycles. The van der Waals surface area contributed by atoms with Gasteiger partial charge in [-0.1, -0.05) is 42.5 Å². The average molecular weight is 316 g/mol. The Balaban J connectivity index is 2.38. The fourth-order valence-electron chi connectivity index (χ4n) is 1.89. The third-order valence-corrected chi connectivity index (χ3v) is 4.22. The number of carboxylic acids is 2. The van der Waals surface area contributed by atoms with E-state index in [4.69, 9.17) is 5.11 Å². The van der Waals surface area contributed by atoms with Crippen LogP contribution in [-0.4, -0.2) is 27.9 Å². The van der Waals surface area contributed by atoms with Gasteiger partial charge in [0, 0.05) is 10.5 Å². The van der Waals surface area contributed by atoms with Crippen molar-refractivity contribution >= 4 is 29.5 Å². The van der Waals surface area contributed by atoms with Gasteiger partial charge in [0.25, 0.3) is 5.78 Å². The lowest BCUT2D eigenvalue weighted by Crippen LogP contribution is -2.14. The predicted molar refractivity (Wildman–Crippen MR) is 81.1 cm³/mol. The molecular weight excluding hydrogens is 304 g/mol. The molecule has 1 unspecified atom stereocenters. The molecule has 2 aromatic rings. The van der Waals surface area contributed by atoms with Gasteiger partial charge in [-0.25, -0.2) is 4.79 Å². The molecule has 6 heteroatoms. The zero-order valence-corrected chi connectivity index (χ0v) is 12.1. The van der Waals surface area contributed by atoms with E-state index in [0.29, 0.717) is 10.5 Å². The molecule has 5 nitrogen and oxygen atoms in total. The Kier molecular flexibility index (Phi) is 4.95. The minimum Gasteiger partial charge on any atom is -0.480 e. The summed E-state index contributed by atoms with van der Waals surface area (Å²) in [6.07, 6.45) is 0. The van der Waals surface area contributed by atoms with Crippen LogP contribution in [0.25, 0.3) is 0 Å². The van der Waals surface area contributed by atoms with Gasteiger partial charge < -0.3 is 10.2 Å². The summed E-state index contributed by atoms with van der Waals surface area (Å²) in [5.74, 6) is -3.69. The van der Waals surface area contributed by atoms with Crippen LogP contribution < -0.4 is 0 Å². The first-order chi connectivity index (χ1) is 10.5. The van der Waals surface area contributed by atoms with Gasteiger partial charge in [-0.15, -0.1) is 11.8 Å². The van der Waals surface area contributed by atoms with Crippen molar-refractivity contribution in [2.75, 3.05) is 0 Å². The number of ketones is 1. The lowest BCUT2D eigenvalue weighted by atomic mass is 10.1. The van der Waals surface area contributed by atoms with Crippen LogP contribution in [0.3, 0.4) is 0 Å². The summed E-state index contributed by atoms with van der Waals surface area (Å²) in [7, 11) is 0. The molecule has 0 saturated carbocycles. The van der Waals surface area contributed by atoms with Crippen molar-refractivity contribution in [3.05, 3.63) is 65.7 Å². The standard InChI is InChI=1S/C16H12O5S/c17-13(15(18)19)11-8-4-5-9-12(11)22-14(16(20)21)10-6-2-1-3-7-10/h1-9,14H,(H,18,19)(H,20,21). The highest BCUT2D eigenvalue weighted by atomic mass is 32.2. The predicted octanol–water partition coefficient (Wildman–Crippen LogP) is 2.87. The second kappa shape index (κ2) is 6.91. The molecule has 0 spiro atoms. The molecule has 0 aliphatic heterocycles. The maximum absolute atomic E-state index is 11.7. The van der Waals surface area contributed by atoms with E-state index >= 15 is 0 Å². The summed E-state index contributed by atoms with van der Waals surface area (Å²) < 4.78 is 0. The number of carboxylic acid groups (broad SMARTS) is 2. The molecule has 0 aliphatic carbocycles. The van der Waals surface area contributed by atoms with E-state index in [-0.39, 0.29) is 5.56 Å². The Labute approximate surface area is 130 Å². The minimum absolute atomic E-state index is 0.0119. The van der Waals surface area contributed by atoms with E-state index in [0.717, 1.165) is 11.8 Å². The lowest BCUT2D eigenvalue weighted by Gasteiger charge is -2.14. The topological polar surface area (TPSA) is 91.7 Å². The van der Waals surface area contributed by atoms with Gasteiger partial charge >= 0.3 is 11.9 Å². The smallest absolute Gasteiger partial charge is 0.377 e. The van der Waals surface area contributed by atoms with Crippen molar-refractivity contribution in [2.24, 2.45) is 0 Å². The number of benzene rings is 2. The first-order valence-corrected chi connectivity index (χ1v) is 7.19. The number of rotatable bonds is 6. The molecule has 2 rings (SSSR count). The first kappa shape index (κ1) is 15.8. The maximum atomic E-state index is 11.7. The minimum atomic E-state index is -1.57. The molecule has 0 fully saturated rings. The Hall–Kier alpha value is -2.60. The molecule has 22 heavy (non-hydrogen) atoms. The summed E-state index contributed by atoms with van der Waals surface area (Å²) in [6, 6.07) is 14.7. The molecule has 0 aliphatic rings. The zero-order valence-electron chi connectivity index (χ0n) is 11.3. The number of Topliss-reactive ketones (excluding diaryl/α,β-unsaturated/α-hetero) is 1. The quantitative estimate of drug-likeness (QED) is 0.484. The van der Waals surface area contributed by atoms with Crippen molar-refractivity contribution < 1.29 is 24.6 Å². The van der Waals surface area contributed by atoms with Crippen LogP contribution in [0.4, 0.5) is 0 Å². The number of hydrogen-bond acceptors (Lipinski definition) is 4. The number of carbonyl (C=O) groups excluding carboxylic acids is 1. The van der Waals surface area contributed by atoms with Gasteiger partial charge in [-0.3, -0.25) is 9.59 Å². The van der Waals surface area contributed by atoms with Crippen molar-refractivity contribution in [1.29, 1.82) is 0 Å². The third kappa shape index (κ3) is 3.53. The first-order valence-electron chi connectivity index (χ1n) is 6.31. The highest BCUT2D eigenvalue weighted by Crippen LogP contribution is 2.37. The second-order valence-electron chi connectivity index (χ2n) is 4.38. The monoisotopic (exact) mass is 316 g/mol. The summed E-state index contributed by atoms with van der Waals surface area (Å²) in [4.78, 5) is 34.4. The summed E-state index contributed by atoms with van der Waals surface area (Å²) in [5, 5.41) is 17.3. The van der Waals surface area contributed by atoms with Gasteiger partial charge in [-0.05, 0) is 17.7 Å². The largest absolute Gasteiger partial charge is 0.480 e. The Morgan fingerprint density at radius 2 is 1.45 bits per heavy atom. The Morgan fingerprint density at radius 3 is 2.05 bits per heavy atom. The summed E-state index contributed by atoms with van der Waals surface area (Å²) in [5.41, 5.74) is 0.555. The van der Waals surface area contributed by atoms with Crippen molar-refractivity contribution in [1.82, 2.24) is 0 Å². The molecule has 112 valence electrons. The SMILES string of the molecule is O=C(O)C(=O)c1ccccc1SC(C(=O)O)c1ccccc1. The van der Waals surface area contributed by atoms with Crippen molar-refractivity contribution in [3.63, 3.8) is 0 Å². The van der Waals surface area contributed by atoms with Crippen LogP contribution in [0.2, 0.25) is 0 Å². The number of thioether (sulfide) groups is 1. The average Bonchev–Trinajstić information content (AvgIpc) is 2.52. The molecule has 2 N–H and O–H groups in total. The van der Waals surface area contributed by atoms with Gasteiger partial charge in [0.15, 0.2) is 0 Å². The number of aliphatic carboxylic acids is 2. The van der Waals surface area contributed by atoms with Gasteiger partial charge in [-0.2, -0.15) is 0 Å². The van der Waals surface area contributed by atoms with Crippen LogP contribution >= 0.6 is 11.8 Å². The Bertz CT molecular complexity index is 711. The van der Waals surface area contributed by atoms with Crippen LogP contribution in [0.15, 0.2) is 59.5 Å². The molecule has 0 amide bonds. The zero-order chi connectivity index (χ0) is 16.1. The van der Waals surface area contributed by atoms with E-state index < -0.39 is 23.0 Å². The normalized spacial score (nSPS) is 11.6. The van der Waals surface area contributed by atoms with Crippen molar-refractivity contribution in [3.8, 4) is 0 Å². The molecule has 1 atom stereocenters. The van der Waals surface area contributed by atoms with Gasteiger partial charge in [0.1, 0.15) is 5.25 Å². The lowest BCUT2D eigenvalue weighted by molar-refractivity contribution is -0.136. The fourth-order valence-corrected chi connectivity index (χ4v) is 2.98. The summed E-state index contributed by atoms with van der Waals surface area (Å²) >= 11 is 0.939. The van der Waals surface area contributed by atoms with E-state index in [2.05, 4.69) is 0 Å². The van der Waals surface area contributed by atoms with E-state index in [1.165, 1.54) is 6.07 Å². The fraction of sp³-hybridized carbons (Fsp3) is 0.0625. The van der Waals surface area contributed by atoms with E-state index in [1.54, 1.807) is 48.5 Å². The van der Waals surface area contributed by atoms with Crippen molar-refractivity contribution in [2.45, 2.75) is 10.1 Å². The third-order valence-electron chi connectivity index (χ3n) is 2.90. The van der Waals surface area contributed by atoms with Gasteiger partial charge in [0.2, 0.25) is 0 Å².